The van der Waals surface area contributed by atoms with Crippen molar-refractivity contribution in [1.82, 2.24) is 5.32 Å². The molecule has 0 aliphatic heterocycles. The van der Waals surface area contributed by atoms with Crippen LogP contribution in [0.3, 0.4) is 0 Å². The highest BCUT2D eigenvalue weighted by Gasteiger charge is 2.08. The fraction of sp³-hybridized carbons (Fsp3) is 0.455. The molecule has 1 aromatic rings. The van der Waals surface area contributed by atoms with Gasteiger partial charge in [-0.15, -0.1) is 0 Å². The standard InChI is InChI=1S/C11H15Cl2NO3/c1-17-6-9(15)5-14-4-7-2-8(12)3-10(13)11(7)16/h2-3,9,14-16H,4-6H2,1H3. The predicted molar refractivity (Wildman–Crippen MR) is 67.7 cm³/mol. The average Bonchev–Trinajstić information content (AvgIpc) is 2.25. The molecule has 96 valence electrons. The zero-order valence-corrected chi connectivity index (χ0v) is 10.9. The first kappa shape index (κ1) is 14.5. The smallest absolute Gasteiger partial charge is 0.138 e. The van der Waals surface area contributed by atoms with Crippen molar-refractivity contribution in [1.29, 1.82) is 0 Å². The van der Waals surface area contributed by atoms with E-state index in [1.165, 1.54) is 13.2 Å². The number of halogens is 2. The quantitative estimate of drug-likeness (QED) is 0.743. The van der Waals surface area contributed by atoms with Crippen molar-refractivity contribution >= 4 is 23.2 Å². The number of methoxy groups -OCH3 is 1. The van der Waals surface area contributed by atoms with E-state index >= 15 is 0 Å². The number of ether oxygens (including phenoxy) is 1. The molecule has 1 atom stereocenters. The van der Waals surface area contributed by atoms with Gasteiger partial charge in [-0.05, 0) is 12.1 Å². The first-order chi connectivity index (χ1) is 8.04. The summed E-state index contributed by atoms with van der Waals surface area (Å²) in [5.74, 6) is 0.00444. The second-order valence-electron chi connectivity index (χ2n) is 3.64. The molecule has 1 unspecified atom stereocenters. The second-order valence-corrected chi connectivity index (χ2v) is 4.48. The molecule has 0 amide bonds. The Balaban J connectivity index is 2.52. The van der Waals surface area contributed by atoms with Crippen LogP contribution in [0.2, 0.25) is 10.0 Å². The number of nitrogens with one attached hydrogen (secondary N) is 1. The number of phenols is 1. The van der Waals surface area contributed by atoms with Crippen LogP contribution in [0, 0.1) is 0 Å². The Labute approximate surface area is 110 Å². The first-order valence-electron chi connectivity index (χ1n) is 5.09. The number of rotatable bonds is 6. The molecule has 0 spiro atoms. The molecule has 0 heterocycles. The van der Waals surface area contributed by atoms with Gasteiger partial charge in [0.2, 0.25) is 0 Å². The summed E-state index contributed by atoms with van der Waals surface area (Å²) in [7, 11) is 1.52. The summed E-state index contributed by atoms with van der Waals surface area (Å²) >= 11 is 11.6. The molecule has 0 aliphatic rings. The molecule has 0 aliphatic carbocycles. The van der Waals surface area contributed by atoms with Gasteiger partial charge >= 0.3 is 0 Å². The maximum atomic E-state index is 9.67. The third kappa shape index (κ3) is 4.69. The largest absolute Gasteiger partial charge is 0.506 e. The number of phenolic OH excluding ortho intramolecular Hbond substituents is 1. The second kappa shape index (κ2) is 7.03. The lowest BCUT2D eigenvalue weighted by Gasteiger charge is -2.12. The molecule has 1 rings (SSSR count). The van der Waals surface area contributed by atoms with E-state index in [0.29, 0.717) is 23.7 Å². The number of hydrogen-bond acceptors (Lipinski definition) is 4. The summed E-state index contributed by atoms with van der Waals surface area (Å²) in [4.78, 5) is 0. The van der Waals surface area contributed by atoms with E-state index in [2.05, 4.69) is 5.32 Å². The van der Waals surface area contributed by atoms with Gasteiger partial charge < -0.3 is 20.3 Å². The van der Waals surface area contributed by atoms with Crippen LogP contribution in [-0.2, 0) is 11.3 Å². The molecule has 0 fully saturated rings. The van der Waals surface area contributed by atoms with Gasteiger partial charge in [0.05, 0.1) is 17.7 Å². The number of aliphatic hydroxyl groups is 1. The van der Waals surface area contributed by atoms with Gasteiger partial charge in [-0.25, -0.2) is 0 Å². The van der Waals surface area contributed by atoms with Gasteiger partial charge in [0.1, 0.15) is 5.75 Å². The fourth-order valence-electron chi connectivity index (χ4n) is 1.38. The Bertz CT molecular complexity index is 374. The van der Waals surface area contributed by atoms with Crippen LogP contribution in [0.1, 0.15) is 5.56 Å². The molecule has 3 N–H and O–H groups in total. The summed E-state index contributed by atoms with van der Waals surface area (Å²) in [5.41, 5.74) is 0.590. The Morgan fingerprint density at radius 2 is 2.12 bits per heavy atom. The maximum absolute atomic E-state index is 9.67. The van der Waals surface area contributed by atoms with Crippen LogP contribution in [0.4, 0.5) is 0 Å². The van der Waals surface area contributed by atoms with Crippen molar-refractivity contribution in [2.24, 2.45) is 0 Å². The summed E-state index contributed by atoms with van der Waals surface area (Å²) in [6.45, 7) is 0.986. The van der Waals surface area contributed by atoms with Crippen LogP contribution in [0.25, 0.3) is 0 Å². The van der Waals surface area contributed by atoms with Crippen molar-refractivity contribution in [2.75, 3.05) is 20.3 Å². The van der Waals surface area contributed by atoms with E-state index < -0.39 is 6.10 Å². The number of hydrogen-bond donors (Lipinski definition) is 3. The van der Waals surface area contributed by atoms with Crippen LogP contribution in [0.15, 0.2) is 12.1 Å². The van der Waals surface area contributed by atoms with Crippen LogP contribution < -0.4 is 5.32 Å². The molecule has 0 bridgehead atoms. The Morgan fingerprint density at radius 3 is 2.76 bits per heavy atom. The predicted octanol–water partition coefficient (Wildman–Crippen LogP) is 1.80. The van der Waals surface area contributed by atoms with E-state index in [4.69, 9.17) is 27.9 Å². The highest BCUT2D eigenvalue weighted by Crippen LogP contribution is 2.30. The number of benzene rings is 1. The maximum Gasteiger partial charge on any atom is 0.138 e. The SMILES string of the molecule is COCC(O)CNCc1cc(Cl)cc(Cl)c1O. The zero-order valence-electron chi connectivity index (χ0n) is 9.41. The van der Waals surface area contributed by atoms with Crippen molar-refractivity contribution in [3.63, 3.8) is 0 Å². The van der Waals surface area contributed by atoms with E-state index in [-0.39, 0.29) is 17.4 Å². The molecule has 1 aromatic carbocycles. The van der Waals surface area contributed by atoms with E-state index in [0.717, 1.165) is 0 Å². The lowest BCUT2D eigenvalue weighted by Crippen LogP contribution is -2.29. The molecule has 6 heteroatoms. The number of aromatic hydroxyl groups is 1. The molecular formula is C11H15Cl2NO3. The van der Waals surface area contributed by atoms with Gasteiger partial charge in [-0.2, -0.15) is 0 Å². The Morgan fingerprint density at radius 1 is 1.41 bits per heavy atom. The van der Waals surface area contributed by atoms with Crippen LogP contribution >= 0.6 is 23.2 Å². The molecule has 0 saturated heterocycles. The molecule has 0 saturated carbocycles. The van der Waals surface area contributed by atoms with Crippen molar-refractivity contribution in [3.8, 4) is 5.75 Å². The topological polar surface area (TPSA) is 61.7 Å². The van der Waals surface area contributed by atoms with E-state index in [9.17, 15) is 10.2 Å². The summed E-state index contributed by atoms with van der Waals surface area (Å²) in [6, 6.07) is 3.10. The Hall–Kier alpha value is -0.520. The lowest BCUT2D eigenvalue weighted by atomic mass is 10.2. The average molecular weight is 280 g/mol. The zero-order chi connectivity index (χ0) is 12.8. The first-order valence-corrected chi connectivity index (χ1v) is 5.84. The summed E-state index contributed by atoms with van der Waals surface area (Å²) in [5, 5.41) is 22.7. The number of aliphatic hydroxyl groups excluding tert-OH is 1. The van der Waals surface area contributed by atoms with Gasteiger partial charge in [-0.3, -0.25) is 0 Å². The van der Waals surface area contributed by atoms with Gasteiger partial charge in [0.25, 0.3) is 0 Å². The molecule has 17 heavy (non-hydrogen) atoms. The minimum Gasteiger partial charge on any atom is -0.506 e. The monoisotopic (exact) mass is 279 g/mol. The van der Waals surface area contributed by atoms with Gasteiger partial charge in [0.15, 0.2) is 0 Å². The minimum atomic E-state index is -0.586. The minimum absolute atomic E-state index is 0.00444. The molecule has 0 aromatic heterocycles. The molecular weight excluding hydrogens is 265 g/mol. The van der Waals surface area contributed by atoms with E-state index in [1.54, 1.807) is 6.07 Å². The Kier molecular flexibility index (Phi) is 6.02. The third-order valence-corrected chi connectivity index (χ3v) is 2.67. The molecule has 0 radical (unpaired) electrons. The fourth-order valence-corrected chi connectivity index (χ4v) is 1.91. The van der Waals surface area contributed by atoms with Crippen molar-refractivity contribution in [3.05, 3.63) is 27.7 Å². The lowest BCUT2D eigenvalue weighted by molar-refractivity contribution is 0.0644. The van der Waals surface area contributed by atoms with E-state index in [1.807, 2.05) is 0 Å². The van der Waals surface area contributed by atoms with Crippen molar-refractivity contribution in [2.45, 2.75) is 12.6 Å². The summed E-state index contributed by atoms with van der Waals surface area (Å²) < 4.78 is 4.79. The van der Waals surface area contributed by atoms with Crippen LogP contribution in [-0.4, -0.2) is 36.6 Å². The highest BCUT2D eigenvalue weighted by molar-refractivity contribution is 6.35. The third-order valence-electron chi connectivity index (χ3n) is 2.16. The van der Waals surface area contributed by atoms with Gasteiger partial charge in [-0.1, -0.05) is 23.2 Å². The molecule has 4 nitrogen and oxygen atoms in total. The van der Waals surface area contributed by atoms with Crippen LogP contribution in [0.5, 0.6) is 5.75 Å². The normalized spacial score (nSPS) is 12.7. The highest BCUT2D eigenvalue weighted by atomic mass is 35.5. The van der Waals surface area contributed by atoms with Gasteiger partial charge in [0, 0.05) is 30.8 Å². The van der Waals surface area contributed by atoms with Crippen molar-refractivity contribution < 1.29 is 14.9 Å². The summed E-state index contributed by atoms with van der Waals surface area (Å²) in [6.07, 6.45) is -0.586.